The van der Waals surface area contributed by atoms with Crippen molar-refractivity contribution in [1.82, 2.24) is 16.0 Å². The third-order valence-electron chi connectivity index (χ3n) is 4.70. The molecule has 3 unspecified atom stereocenters. The molecule has 0 aliphatic heterocycles. The highest BCUT2D eigenvalue weighted by Gasteiger charge is 2.29. The molecule has 0 fully saturated rings. The average molecular weight is 458 g/mol. The van der Waals surface area contributed by atoms with Crippen molar-refractivity contribution in [3.63, 3.8) is 0 Å². The van der Waals surface area contributed by atoms with Gasteiger partial charge >= 0.3 is 6.09 Å². The maximum Gasteiger partial charge on any atom is 0.408 e. The van der Waals surface area contributed by atoms with Gasteiger partial charge in [-0.15, -0.1) is 12.3 Å². The van der Waals surface area contributed by atoms with E-state index in [0.717, 1.165) is 5.56 Å². The molecule has 1 rings (SSSR count). The number of benzene rings is 1. The fourth-order valence-corrected chi connectivity index (χ4v) is 3.13. The summed E-state index contributed by atoms with van der Waals surface area (Å²) in [5.74, 6) is 1.53. The van der Waals surface area contributed by atoms with Gasteiger partial charge in [0, 0.05) is 6.42 Å². The van der Waals surface area contributed by atoms with E-state index < -0.39 is 36.0 Å². The molecule has 8 nitrogen and oxygen atoms in total. The lowest BCUT2D eigenvalue weighted by molar-refractivity contribution is -0.131. The highest BCUT2D eigenvalue weighted by molar-refractivity contribution is 5.92. The highest BCUT2D eigenvalue weighted by Crippen LogP contribution is 2.10. The minimum Gasteiger partial charge on any atom is -0.445 e. The van der Waals surface area contributed by atoms with Gasteiger partial charge in [0.15, 0.2) is 0 Å². The van der Waals surface area contributed by atoms with E-state index in [1.54, 1.807) is 0 Å². The molecule has 0 aliphatic rings. The fourth-order valence-electron chi connectivity index (χ4n) is 3.13. The molecular formula is C25H35N3O5. The number of hydrogen-bond acceptors (Lipinski definition) is 5. The fraction of sp³-hybridized carbons (Fsp3) is 0.520. The van der Waals surface area contributed by atoms with Gasteiger partial charge in [0.25, 0.3) is 0 Å². The van der Waals surface area contributed by atoms with E-state index >= 15 is 0 Å². The van der Waals surface area contributed by atoms with E-state index in [0.29, 0.717) is 19.1 Å². The molecule has 0 saturated heterocycles. The molecule has 3 atom stereocenters. The average Bonchev–Trinajstić information content (AvgIpc) is 2.76. The van der Waals surface area contributed by atoms with Crippen LogP contribution in [0.3, 0.4) is 0 Å². The molecule has 1 aromatic rings. The van der Waals surface area contributed by atoms with Crippen LogP contribution in [-0.4, -0.2) is 42.3 Å². The Morgan fingerprint density at radius 2 is 1.48 bits per heavy atom. The van der Waals surface area contributed by atoms with Gasteiger partial charge in [-0.05, 0) is 30.2 Å². The SMILES string of the molecule is C#CCC(C=O)NC(=O)C(CC(C)C)NC(=O)C(CC(C)C)NC(=O)OCc1ccccc1. The number of alkyl carbamates (subject to hydrolysis) is 1. The molecule has 0 aromatic heterocycles. The van der Waals surface area contributed by atoms with E-state index in [1.807, 2.05) is 58.0 Å². The molecule has 0 radical (unpaired) electrons. The van der Waals surface area contributed by atoms with Crippen LogP contribution in [0.5, 0.6) is 0 Å². The Kier molecular flexibility index (Phi) is 12.3. The number of hydrogen-bond donors (Lipinski definition) is 3. The number of amides is 3. The van der Waals surface area contributed by atoms with Crippen LogP contribution in [-0.2, 0) is 25.7 Å². The number of terminal acetylenes is 1. The summed E-state index contributed by atoms with van der Waals surface area (Å²) < 4.78 is 5.23. The lowest BCUT2D eigenvalue weighted by Gasteiger charge is -2.25. The quantitative estimate of drug-likeness (QED) is 0.311. The standard InChI is InChI=1S/C25H35N3O5/c1-6-10-20(15-29)26-23(30)21(13-17(2)3)27-24(31)22(14-18(4)5)28-25(32)33-16-19-11-8-7-9-12-19/h1,7-9,11-12,15,17-18,20-22H,10,13-14,16H2,2-5H3,(H,26,30)(H,27,31)(H,28,32). The zero-order valence-corrected chi connectivity index (χ0v) is 19.8. The Labute approximate surface area is 196 Å². The van der Waals surface area contributed by atoms with Crippen molar-refractivity contribution < 1.29 is 23.9 Å². The van der Waals surface area contributed by atoms with Gasteiger partial charge in [0.1, 0.15) is 25.0 Å². The third kappa shape index (κ3) is 11.2. The van der Waals surface area contributed by atoms with Crippen molar-refractivity contribution in [2.75, 3.05) is 0 Å². The Morgan fingerprint density at radius 1 is 0.939 bits per heavy atom. The number of aldehydes is 1. The first-order chi connectivity index (χ1) is 15.7. The van der Waals surface area contributed by atoms with Gasteiger partial charge in [-0.25, -0.2) is 4.79 Å². The Morgan fingerprint density at radius 3 is 2.00 bits per heavy atom. The van der Waals surface area contributed by atoms with Gasteiger partial charge in [-0.2, -0.15) is 0 Å². The van der Waals surface area contributed by atoms with Gasteiger partial charge in [0.05, 0.1) is 6.04 Å². The highest BCUT2D eigenvalue weighted by atomic mass is 16.5. The van der Waals surface area contributed by atoms with Crippen LogP contribution in [0, 0.1) is 24.2 Å². The summed E-state index contributed by atoms with van der Waals surface area (Å²) in [5, 5.41) is 7.88. The molecule has 8 heteroatoms. The summed E-state index contributed by atoms with van der Waals surface area (Å²) in [7, 11) is 0. The van der Waals surface area contributed by atoms with Crippen molar-refractivity contribution in [1.29, 1.82) is 0 Å². The number of carbonyl (C=O) groups excluding carboxylic acids is 4. The molecule has 0 heterocycles. The van der Waals surface area contributed by atoms with Crippen LogP contribution in [0.1, 0.15) is 52.5 Å². The topological polar surface area (TPSA) is 114 Å². The smallest absolute Gasteiger partial charge is 0.408 e. The molecular weight excluding hydrogens is 422 g/mol. The van der Waals surface area contributed by atoms with Gasteiger partial charge in [-0.3, -0.25) is 9.59 Å². The second-order valence-electron chi connectivity index (χ2n) is 8.74. The zero-order chi connectivity index (χ0) is 24.8. The summed E-state index contributed by atoms with van der Waals surface area (Å²) in [6.45, 7) is 7.74. The van der Waals surface area contributed by atoms with E-state index in [1.165, 1.54) is 0 Å². The maximum absolute atomic E-state index is 13.0. The number of carbonyl (C=O) groups is 4. The second kappa shape index (κ2) is 14.7. The van der Waals surface area contributed by atoms with E-state index in [2.05, 4.69) is 21.9 Å². The van der Waals surface area contributed by atoms with E-state index in [-0.39, 0.29) is 24.9 Å². The van der Waals surface area contributed by atoms with Crippen molar-refractivity contribution >= 4 is 24.2 Å². The normalized spacial score (nSPS) is 13.4. The van der Waals surface area contributed by atoms with Gasteiger partial charge in [-0.1, -0.05) is 58.0 Å². The summed E-state index contributed by atoms with van der Waals surface area (Å²) in [4.78, 5) is 49.2. The second-order valence-corrected chi connectivity index (χ2v) is 8.74. The van der Waals surface area contributed by atoms with Crippen LogP contribution >= 0.6 is 0 Å². The predicted molar refractivity (Wildman–Crippen MR) is 126 cm³/mol. The molecule has 180 valence electrons. The van der Waals surface area contributed by atoms with E-state index in [4.69, 9.17) is 11.2 Å². The summed E-state index contributed by atoms with van der Waals surface area (Å²) in [6, 6.07) is 6.60. The third-order valence-corrected chi connectivity index (χ3v) is 4.70. The number of rotatable bonds is 13. The van der Waals surface area contributed by atoms with Crippen molar-refractivity contribution in [3.05, 3.63) is 35.9 Å². The first-order valence-electron chi connectivity index (χ1n) is 11.1. The van der Waals surface area contributed by atoms with Crippen LogP contribution in [0.4, 0.5) is 4.79 Å². The van der Waals surface area contributed by atoms with Crippen LogP contribution in [0.15, 0.2) is 30.3 Å². The van der Waals surface area contributed by atoms with Crippen LogP contribution < -0.4 is 16.0 Å². The molecule has 33 heavy (non-hydrogen) atoms. The van der Waals surface area contributed by atoms with Crippen molar-refractivity contribution in [2.24, 2.45) is 11.8 Å². The summed E-state index contributed by atoms with van der Waals surface area (Å²) in [5.41, 5.74) is 0.822. The zero-order valence-electron chi connectivity index (χ0n) is 19.8. The largest absolute Gasteiger partial charge is 0.445 e. The molecule has 0 bridgehead atoms. The molecule has 3 N–H and O–H groups in total. The van der Waals surface area contributed by atoms with Crippen molar-refractivity contribution in [2.45, 2.75) is 71.7 Å². The Bertz CT molecular complexity index is 817. The van der Waals surface area contributed by atoms with Gasteiger partial charge in [0.2, 0.25) is 11.8 Å². The summed E-state index contributed by atoms with van der Waals surface area (Å²) >= 11 is 0. The molecule has 1 aromatic carbocycles. The Hall–Kier alpha value is -3.34. The number of nitrogens with one attached hydrogen (secondary N) is 3. The number of ether oxygens (including phenoxy) is 1. The minimum atomic E-state index is -0.886. The predicted octanol–water partition coefficient (Wildman–Crippen LogP) is 2.57. The maximum atomic E-state index is 13.0. The molecule has 0 saturated carbocycles. The van der Waals surface area contributed by atoms with Gasteiger partial charge < -0.3 is 25.5 Å². The Balaban J connectivity index is 2.83. The molecule has 0 aliphatic carbocycles. The summed E-state index contributed by atoms with van der Waals surface area (Å²) in [6.07, 6.45) is 5.84. The minimum absolute atomic E-state index is 0.0579. The van der Waals surface area contributed by atoms with Crippen LogP contribution in [0.25, 0.3) is 0 Å². The first kappa shape index (κ1) is 27.7. The first-order valence-corrected chi connectivity index (χ1v) is 11.1. The molecule has 0 spiro atoms. The molecule has 3 amide bonds. The van der Waals surface area contributed by atoms with Crippen molar-refractivity contribution in [3.8, 4) is 12.3 Å². The van der Waals surface area contributed by atoms with E-state index in [9.17, 15) is 19.2 Å². The van der Waals surface area contributed by atoms with Crippen LogP contribution in [0.2, 0.25) is 0 Å². The lowest BCUT2D eigenvalue weighted by Crippen LogP contribution is -2.55. The lowest BCUT2D eigenvalue weighted by atomic mass is 10.00. The monoisotopic (exact) mass is 457 g/mol.